The van der Waals surface area contributed by atoms with Gasteiger partial charge in [-0.25, -0.2) is 4.68 Å². The number of hydrogen-bond donors (Lipinski definition) is 0. The second-order valence-corrected chi connectivity index (χ2v) is 5.30. The predicted molar refractivity (Wildman–Crippen MR) is 77.1 cm³/mol. The quantitative estimate of drug-likeness (QED) is 0.847. The summed E-state index contributed by atoms with van der Waals surface area (Å²) < 4.78 is 13.5. The van der Waals surface area contributed by atoms with Crippen molar-refractivity contribution in [1.82, 2.24) is 9.78 Å². The predicted octanol–water partition coefficient (Wildman–Crippen LogP) is 3.99. The van der Waals surface area contributed by atoms with E-state index >= 15 is 0 Å². The molecule has 0 spiro atoms. The van der Waals surface area contributed by atoms with E-state index in [-0.39, 0.29) is 6.23 Å². The van der Waals surface area contributed by atoms with E-state index in [9.17, 15) is 0 Å². The summed E-state index contributed by atoms with van der Waals surface area (Å²) in [6, 6.07) is 8.03. The van der Waals surface area contributed by atoms with E-state index in [4.69, 9.17) is 9.47 Å². The first-order valence-electron chi connectivity index (χ1n) is 7.14. The van der Waals surface area contributed by atoms with Crippen LogP contribution in [-0.2, 0) is 4.74 Å². The van der Waals surface area contributed by atoms with Gasteiger partial charge in [-0.05, 0) is 45.2 Å². The summed E-state index contributed by atoms with van der Waals surface area (Å²) in [5.74, 6) is 1.63. The first-order valence-corrected chi connectivity index (χ1v) is 7.14. The lowest BCUT2D eigenvalue weighted by atomic mass is 10.2. The number of nitrogens with zero attached hydrogens (tertiary/aromatic N) is 2. The first kappa shape index (κ1) is 13.2. The zero-order valence-electron chi connectivity index (χ0n) is 12.0. The average Bonchev–Trinajstić information content (AvgIpc) is 2.84. The molecule has 1 unspecified atom stereocenters. The lowest BCUT2D eigenvalue weighted by Crippen LogP contribution is -2.18. The molecule has 1 aromatic heterocycles. The van der Waals surface area contributed by atoms with Gasteiger partial charge in [-0.15, -0.1) is 0 Å². The highest BCUT2D eigenvalue weighted by Gasteiger charge is 2.18. The summed E-state index contributed by atoms with van der Waals surface area (Å²) in [5, 5.41) is 4.51. The summed E-state index contributed by atoms with van der Waals surface area (Å²) in [7, 11) is 0. The molecule has 2 aromatic rings. The minimum atomic E-state index is 0.0535. The molecule has 1 fully saturated rings. The first-order chi connectivity index (χ1) is 9.72. The van der Waals surface area contributed by atoms with Gasteiger partial charge in [-0.3, -0.25) is 0 Å². The Balaban J connectivity index is 1.76. The largest absolute Gasteiger partial charge is 0.454 e. The van der Waals surface area contributed by atoms with Crippen molar-refractivity contribution >= 4 is 0 Å². The molecule has 1 aliphatic heterocycles. The topological polar surface area (TPSA) is 36.3 Å². The van der Waals surface area contributed by atoms with Crippen LogP contribution in [0.1, 0.15) is 36.7 Å². The van der Waals surface area contributed by atoms with Crippen LogP contribution in [-0.4, -0.2) is 16.4 Å². The molecule has 1 atom stereocenters. The van der Waals surface area contributed by atoms with Gasteiger partial charge in [-0.2, -0.15) is 5.10 Å². The molecule has 1 aliphatic rings. The van der Waals surface area contributed by atoms with E-state index < -0.39 is 0 Å². The van der Waals surface area contributed by atoms with Crippen molar-refractivity contribution in [2.45, 2.75) is 39.3 Å². The molecule has 0 aliphatic carbocycles. The number of ether oxygens (including phenoxy) is 2. The summed E-state index contributed by atoms with van der Waals surface area (Å²) in [6.07, 6.45) is 5.34. The Labute approximate surface area is 119 Å². The maximum Gasteiger partial charge on any atom is 0.168 e. The Bertz CT molecular complexity index is 569. The van der Waals surface area contributed by atoms with Crippen LogP contribution in [0.15, 0.2) is 30.5 Å². The molecule has 0 amide bonds. The van der Waals surface area contributed by atoms with Crippen molar-refractivity contribution in [3.05, 3.63) is 41.7 Å². The third-order valence-corrected chi connectivity index (χ3v) is 3.57. The fourth-order valence-electron chi connectivity index (χ4n) is 2.38. The second kappa shape index (κ2) is 5.67. The number of aromatic nitrogens is 2. The normalized spacial score (nSPS) is 19.0. The smallest absolute Gasteiger partial charge is 0.168 e. The average molecular weight is 272 g/mol. The molecule has 0 N–H and O–H groups in total. The fourth-order valence-corrected chi connectivity index (χ4v) is 2.38. The van der Waals surface area contributed by atoms with Crippen molar-refractivity contribution in [2.75, 3.05) is 6.61 Å². The van der Waals surface area contributed by atoms with Gasteiger partial charge in [0.15, 0.2) is 5.75 Å². The zero-order valence-corrected chi connectivity index (χ0v) is 12.0. The van der Waals surface area contributed by atoms with Crippen molar-refractivity contribution in [3.63, 3.8) is 0 Å². The van der Waals surface area contributed by atoms with Gasteiger partial charge in [0, 0.05) is 6.61 Å². The van der Waals surface area contributed by atoms with Gasteiger partial charge in [-0.1, -0.05) is 17.7 Å². The third-order valence-electron chi connectivity index (χ3n) is 3.57. The summed E-state index contributed by atoms with van der Waals surface area (Å²) in [6.45, 7) is 4.84. The molecule has 1 saturated heterocycles. The molecule has 0 radical (unpaired) electrons. The highest BCUT2D eigenvalue weighted by atomic mass is 16.5. The summed E-state index contributed by atoms with van der Waals surface area (Å²) in [4.78, 5) is 0. The van der Waals surface area contributed by atoms with E-state index in [1.54, 1.807) is 0 Å². The van der Waals surface area contributed by atoms with Crippen molar-refractivity contribution in [2.24, 2.45) is 0 Å². The zero-order chi connectivity index (χ0) is 13.9. The van der Waals surface area contributed by atoms with Crippen LogP contribution in [0.2, 0.25) is 0 Å². The Morgan fingerprint density at radius 1 is 1.20 bits per heavy atom. The Kier molecular flexibility index (Phi) is 3.74. The van der Waals surface area contributed by atoms with Gasteiger partial charge in [0.25, 0.3) is 0 Å². The van der Waals surface area contributed by atoms with Crippen LogP contribution in [0.5, 0.6) is 11.5 Å². The Hall–Kier alpha value is -1.81. The molecular weight excluding hydrogens is 252 g/mol. The molecule has 4 heteroatoms. The summed E-state index contributed by atoms with van der Waals surface area (Å²) >= 11 is 0. The molecule has 20 heavy (non-hydrogen) atoms. The van der Waals surface area contributed by atoms with Gasteiger partial charge < -0.3 is 9.47 Å². The lowest BCUT2D eigenvalue weighted by molar-refractivity contribution is -0.0397. The van der Waals surface area contributed by atoms with E-state index in [1.807, 2.05) is 42.1 Å². The Morgan fingerprint density at radius 2 is 2.00 bits per heavy atom. The van der Waals surface area contributed by atoms with Crippen molar-refractivity contribution < 1.29 is 9.47 Å². The van der Waals surface area contributed by atoms with Gasteiger partial charge >= 0.3 is 0 Å². The lowest BCUT2D eigenvalue weighted by Gasteiger charge is -2.22. The standard InChI is InChI=1S/C16H20N2O2/c1-12-6-8-14(9-7-12)20-15-11-18(17-13(15)2)16-5-3-4-10-19-16/h6-9,11,16H,3-5,10H2,1-2H3. The SMILES string of the molecule is Cc1ccc(Oc2cn(C3CCCCO3)nc2C)cc1. The van der Waals surface area contributed by atoms with Crippen LogP contribution < -0.4 is 4.74 Å². The van der Waals surface area contributed by atoms with Crippen LogP contribution in [0.3, 0.4) is 0 Å². The van der Waals surface area contributed by atoms with Gasteiger partial charge in [0.1, 0.15) is 17.7 Å². The van der Waals surface area contributed by atoms with E-state index in [1.165, 1.54) is 12.0 Å². The van der Waals surface area contributed by atoms with Crippen LogP contribution in [0, 0.1) is 13.8 Å². The summed E-state index contributed by atoms with van der Waals surface area (Å²) in [5.41, 5.74) is 2.11. The third kappa shape index (κ3) is 2.85. The van der Waals surface area contributed by atoms with Crippen LogP contribution in [0.4, 0.5) is 0 Å². The molecule has 106 valence electrons. The van der Waals surface area contributed by atoms with E-state index in [0.717, 1.165) is 36.6 Å². The number of aryl methyl sites for hydroxylation is 2. The minimum Gasteiger partial charge on any atom is -0.454 e. The monoisotopic (exact) mass is 272 g/mol. The second-order valence-electron chi connectivity index (χ2n) is 5.30. The Morgan fingerprint density at radius 3 is 2.70 bits per heavy atom. The molecule has 0 bridgehead atoms. The van der Waals surface area contributed by atoms with E-state index in [0.29, 0.717) is 0 Å². The number of hydrogen-bond acceptors (Lipinski definition) is 3. The maximum atomic E-state index is 5.90. The number of rotatable bonds is 3. The van der Waals surface area contributed by atoms with Gasteiger partial charge in [0.05, 0.1) is 6.20 Å². The minimum absolute atomic E-state index is 0.0535. The number of benzene rings is 1. The maximum absolute atomic E-state index is 5.90. The molecule has 4 nitrogen and oxygen atoms in total. The van der Waals surface area contributed by atoms with Crippen molar-refractivity contribution in [3.8, 4) is 11.5 Å². The highest BCUT2D eigenvalue weighted by Crippen LogP contribution is 2.28. The van der Waals surface area contributed by atoms with Gasteiger partial charge in [0.2, 0.25) is 0 Å². The molecule has 1 aromatic carbocycles. The molecule has 0 saturated carbocycles. The molecular formula is C16H20N2O2. The highest BCUT2D eigenvalue weighted by molar-refractivity contribution is 5.33. The molecule has 3 rings (SSSR count). The fraction of sp³-hybridized carbons (Fsp3) is 0.438. The van der Waals surface area contributed by atoms with Crippen LogP contribution in [0.25, 0.3) is 0 Å². The van der Waals surface area contributed by atoms with Crippen LogP contribution >= 0.6 is 0 Å². The van der Waals surface area contributed by atoms with Crippen molar-refractivity contribution in [1.29, 1.82) is 0 Å². The van der Waals surface area contributed by atoms with E-state index in [2.05, 4.69) is 12.0 Å². The molecule has 2 heterocycles.